The summed E-state index contributed by atoms with van der Waals surface area (Å²) in [4.78, 5) is 11.9. The highest BCUT2D eigenvalue weighted by Gasteiger charge is 2.30. The van der Waals surface area contributed by atoms with Crippen molar-refractivity contribution in [1.29, 1.82) is 0 Å². The van der Waals surface area contributed by atoms with E-state index >= 15 is 0 Å². The molecule has 0 aliphatic carbocycles. The van der Waals surface area contributed by atoms with Crippen LogP contribution in [0.25, 0.3) is 0 Å². The molecule has 2 rings (SSSR count). The number of nitrogens with zero attached hydrogens (tertiary/aromatic N) is 2. The summed E-state index contributed by atoms with van der Waals surface area (Å²) in [7, 11) is -3.24. The van der Waals surface area contributed by atoms with Crippen LogP contribution in [-0.4, -0.2) is 43.1 Å². The highest BCUT2D eigenvalue weighted by Crippen LogP contribution is 2.20. The summed E-state index contributed by atoms with van der Waals surface area (Å²) in [6.45, 7) is 0.703. The highest BCUT2D eigenvalue weighted by molar-refractivity contribution is 7.88. The molecule has 0 radical (unpaired) electrons. The molecule has 1 atom stereocenters. The van der Waals surface area contributed by atoms with Crippen molar-refractivity contribution in [3.05, 3.63) is 12.3 Å². The Morgan fingerprint density at radius 1 is 1.61 bits per heavy atom. The number of hydrogen-bond donors (Lipinski definition) is 1. The molecule has 2 heterocycles. The molecule has 0 bridgehead atoms. The first-order chi connectivity index (χ1) is 8.47. The van der Waals surface area contributed by atoms with Gasteiger partial charge in [0.25, 0.3) is 0 Å². The zero-order valence-corrected chi connectivity index (χ0v) is 10.8. The van der Waals surface area contributed by atoms with Gasteiger partial charge in [0.05, 0.1) is 12.2 Å². The number of amides is 1. The fourth-order valence-electron chi connectivity index (χ4n) is 1.96. The van der Waals surface area contributed by atoms with Crippen molar-refractivity contribution in [1.82, 2.24) is 9.46 Å². The lowest BCUT2D eigenvalue weighted by Gasteiger charge is -2.29. The first kappa shape index (κ1) is 13.0. The van der Waals surface area contributed by atoms with Gasteiger partial charge in [0.2, 0.25) is 15.9 Å². The summed E-state index contributed by atoms with van der Waals surface area (Å²) in [5.41, 5.74) is 0. The summed E-state index contributed by atoms with van der Waals surface area (Å²) in [6, 6.07) is 1.54. The number of piperidine rings is 1. The molecule has 100 valence electrons. The van der Waals surface area contributed by atoms with Crippen molar-refractivity contribution in [2.24, 2.45) is 5.92 Å². The first-order valence-electron chi connectivity index (χ1n) is 5.63. The summed E-state index contributed by atoms with van der Waals surface area (Å²) < 4.78 is 28.8. The van der Waals surface area contributed by atoms with E-state index in [2.05, 4.69) is 15.0 Å². The predicted octanol–water partition coefficient (Wildman–Crippen LogP) is 0.285. The Morgan fingerprint density at radius 3 is 3.00 bits per heavy atom. The zero-order valence-electron chi connectivity index (χ0n) is 10.00. The average molecular weight is 273 g/mol. The first-order valence-corrected chi connectivity index (χ1v) is 7.48. The van der Waals surface area contributed by atoms with E-state index in [-0.39, 0.29) is 18.4 Å². The van der Waals surface area contributed by atoms with Crippen LogP contribution in [0.5, 0.6) is 0 Å². The SMILES string of the molecule is CS(=O)(=O)N1CCCC(C(=O)Nc2ccon2)C1. The van der Waals surface area contributed by atoms with Gasteiger partial charge in [-0.25, -0.2) is 12.7 Å². The van der Waals surface area contributed by atoms with Gasteiger partial charge in [-0.2, -0.15) is 0 Å². The van der Waals surface area contributed by atoms with Gasteiger partial charge in [-0.15, -0.1) is 0 Å². The Morgan fingerprint density at radius 2 is 2.39 bits per heavy atom. The number of rotatable bonds is 3. The van der Waals surface area contributed by atoms with E-state index in [1.54, 1.807) is 0 Å². The monoisotopic (exact) mass is 273 g/mol. The van der Waals surface area contributed by atoms with Crippen molar-refractivity contribution in [3.63, 3.8) is 0 Å². The maximum absolute atomic E-state index is 11.9. The maximum atomic E-state index is 11.9. The number of hydrogen-bond acceptors (Lipinski definition) is 5. The van der Waals surface area contributed by atoms with Crippen LogP contribution in [0.4, 0.5) is 5.82 Å². The molecule has 1 saturated heterocycles. The molecule has 0 spiro atoms. The highest BCUT2D eigenvalue weighted by atomic mass is 32.2. The van der Waals surface area contributed by atoms with Gasteiger partial charge in [0.1, 0.15) is 6.26 Å². The molecule has 1 unspecified atom stereocenters. The fourth-order valence-corrected chi connectivity index (χ4v) is 2.87. The van der Waals surface area contributed by atoms with Crippen LogP contribution < -0.4 is 5.32 Å². The number of anilines is 1. The van der Waals surface area contributed by atoms with Crippen LogP contribution in [0, 0.1) is 5.92 Å². The zero-order chi connectivity index (χ0) is 13.2. The number of aromatic nitrogens is 1. The molecule has 8 heteroatoms. The van der Waals surface area contributed by atoms with Crippen LogP contribution in [0.2, 0.25) is 0 Å². The van der Waals surface area contributed by atoms with E-state index in [1.165, 1.54) is 16.6 Å². The van der Waals surface area contributed by atoms with Gasteiger partial charge in [-0.1, -0.05) is 5.16 Å². The molecule has 1 aromatic rings. The minimum Gasteiger partial charge on any atom is -0.363 e. The minimum absolute atomic E-state index is 0.225. The molecule has 1 aliphatic heterocycles. The van der Waals surface area contributed by atoms with E-state index in [0.717, 1.165) is 6.26 Å². The van der Waals surface area contributed by atoms with Crippen molar-refractivity contribution in [2.45, 2.75) is 12.8 Å². The number of sulfonamides is 1. The largest absolute Gasteiger partial charge is 0.363 e. The molecule has 7 nitrogen and oxygen atoms in total. The van der Waals surface area contributed by atoms with Crippen molar-refractivity contribution >= 4 is 21.7 Å². The third-order valence-electron chi connectivity index (χ3n) is 2.91. The maximum Gasteiger partial charge on any atom is 0.230 e. The Hall–Kier alpha value is -1.41. The van der Waals surface area contributed by atoms with E-state index in [0.29, 0.717) is 25.2 Å². The molecule has 1 fully saturated rings. The predicted molar refractivity (Wildman–Crippen MR) is 64.3 cm³/mol. The minimum atomic E-state index is -3.24. The second kappa shape index (κ2) is 5.07. The standard InChI is InChI=1S/C10H15N3O4S/c1-18(15,16)13-5-2-3-8(7-13)10(14)11-9-4-6-17-12-9/h4,6,8H,2-3,5,7H2,1H3,(H,11,12,14). The number of carbonyl (C=O) groups is 1. The average Bonchev–Trinajstić information content (AvgIpc) is 2.81. The second-order valence-corrected chi connectivity index (χ2v) is 6.32. The lowest BCUT2D eigenvalue weighted by atomic mass is 9.99. The molecule has 18 heavy (non-hydrogen) atoms. The molecule has 0 saturated carbocycles. The fraction of sp³-hybridized carbons (Fsp3) is 0.600. The van der Waals surface area contributed by atoms with Gasteiger partial charge < -0.3 is 9.84 Å². The normalized spacial score (nSPS) is 21.7. The Bertz CT molecular complexity index is 511. The van der Waals surface area contributed by atoms with Crippen molar-refractivity contribution in [3.8, 4) is 0 Å². The number of nitrogens with one attached hydrogen (secondary N) is 1. The molecular weight excluding hydrogens is 258 g/mol. The summed E-state index contributed by atoms with van der Waals surface area (Å²) >= 11 is 0. The van der Waals surface area contributed by atoms with Gasteiger partial charge in [0.15, 0.2) is 5.82 Å². The Balaban J connectivity index is 1.98. The topological polar surface area (TPSA) is 92.5 Å². The van der Waals surface area contributed by atoms with Crippen LogP contribution in [0.3, 0.4) is 0 Å². The van der Waals surface area contributed by atoms with Crippen LogP contribution in [-0.2, 0) is 14.8 Å². The van der Waals surface area contributed by atoms with Crippen molar-refractivity contribution < 1.29 is 17.7 Å². The Kier molecular flexibility index (Phi) is 3.67. The summed E-state index contributed by atoms with van der Waals surface area (Å²) in [6.07, 6.45) is 3.88. The summed E-state index contributed by atoms with van der Waals surface area (Å²) in [5.74, 6) is -0.223. The third-order valence-corrected chi connectivity index (χ3v) is 4.18. The molecule has 1 amide bonds. The van der Waals surface area contributed by atoms with Gasteiger partial charge in [-0.05, 0) is 12.8 Å². The smallest absolute Gasteiger partial charge is 0.230 e. The lowest BCUT2D eigenvalue weighted by Crippen LogP contribution is -2.43. The van der Waals surface area contributed by atoms with Crippen molar-refractivity contribution in [2.75, 3.05) is 24.7 Å². The van der Waals surface area contributed by atoms with Crippen LogP contribution >= 0.6 is 0 Å². The van der Waals surface area contributed by atoms with E-state index in [1.807, 2.05) is 0 Å². The van der Waals surface area contributed by atoms with Crippen LogP contribution in [0.1, 0.15) is 12.8 Å². The van der Waals surface area contributed by atoms with Gasteiger partial charge in [0, 0.05) is 19.2 Å². The third kappa shape index (κ3) is 3.08. The molecule has 0 aromatic carbocycles. The molecule has 1 aromatic heterocycles. The van der Waals surface area contributed by atoms with E-state index in [4.69, 9.17) is 0 Å². The molecule has 1 N–H and O–H groups in total. The molecular formula is C10H15N3O4S. The molecule has 1 aliphatic rings. The van der Waals surface area contributed by atoms with Gasteiger partial charge in [-0.3, -0.25) is 4.79 Å². The second-order valence-electron chi connectivity index (χ2n) is 4.33. The lowest BCUT2D eigenvalue weighted by molar-refractivity contribution is -0.120. The van der Waals surface area contributed by atoms with E-state index < -0.39 is 10.0 Å². The van der Waals surface area contributed by atoms with E-state index in [9.17, 15) is 13.2 Å². The van der Waals surface area contributed by atoms with Gasteiger partial charge >= 0.3 is 0 Å². The number of carbonyl (C=O) groups excluding carboxylic acids is 1. The quantitative estimate of drug-likeness (QED) is 0.854. The Labute approximate surface area is 105 Å². The van der Waals surface area contributed by atoms with Crippen LogP contribution in [0.15, 0.2) is 16.9 Å². The summed E-state index contributed by atoms with van der Waals surface area (Å²) in [5, 5.41) is 6.18.